The fourth-order valence-electron chi connectivity index (χ4n) is 2.14. The van der Waals surface area contributed by atoms with Crippen LogP contribution in [0.15, 0.2) is 24.3 Å². The van der Waals surface area contributed by atoms with Crippen LogP contribution in [0, 0.1) is 0 Å². The third kappa shape index (κ3) is 2.30. The summed E-state index contributed by atoms with van der Waals surface area (Å²) in [5.41, 5.74) is 14.1. The van der Waals surface area contributed by atoms with Gasteiger partial charge >= 0.3 is 0 Å². The van der Waals surface area contributed by atoms with E-state index < -0.39 is 0 Å². The molecule has 1 aliphatic rings. The van der Waals surface area contributed by atoms with Gasteiger partial charge in [0.1, 0.15) is 0 Å². The number of nitrogens with two attached hydrogens (primary N) is 2. The average molecular weight is 205 g/mol. The fraction of sp³-hybridized carbons (Fsp3) is 0.500. The average Bonchev–Trinajstić information content (AvgIpc) is 2.30. The standard InChI is InChI=1S/C12H19N3/c13-9-10-4-3-5-11(8-10)15-7-2-1-6-12(15)14/h3-5,8,12H,1-2,6-7,9,13-14H2. The Morgan fingerprint density at radius 1 is 1.33 bits per heavy atom. The van der Waals surface area contributed by atoms with Crippen LogP contribution in [0.25, 0.3) is 0 Å². The summed E-state index contributed by atoms with van der Waals surface area (Å²) >= 11 is 0. The van der Waals surface area contributed by atoms with E-state index in [1.54, 1.807) is 0 Å². The molecule has 3 heteroatoms. The number of piperidine rings is 1. The summed E-state index contributed by atoms with van der Waals surface area (Å²) in [5, 5.41) is 0. The van der Waals surface area contributed by atoms with Gasteiger partial charge in [0.05, 0.1) is 6.17 Å². The molecule has 3 nitrogen and oxygen atoms in total. The van der Waals surface area contributed by atoms with E-state index in [1.807, 2.05) is 0 Å². The second kappa shape index (κ2) is 4.64. The molecule has 0 amide bonds. The van der Waals surface area contributed by atoms with Crippen LogP contribution >= 0.6 is 0 Å². The van der Waals surface area contributed by atoms with Crippen molar-refractivity contribution in [2.24, 2.45) is 11.5 Å². The monoisotopic (exact) mass is 205 g/mol. The van der Waals surface area contributed by atoms with E-state index in [1.165, 1.54) is 24.1 Å². The molecule has 0 saturated carbocycles. The Labute approximate surface area is 91.1 Å². The zero-order chi connectivity index (χ0) is 10.7. The lowest BCUT2D eigenvalue weighted by Crippen LogP contribution is -2.45. The quantitative estimate of drug-likeness (QED) is 0.767. The molecule has 0 bridgehead atoms. The van der Waals surface area contributed by atoms with E-state index in [0.717, 1.165) is 13.0 Å². The van der Waals surface area contributed by atoms with Crippen molar-refractivity contribution in [3.63, 3.8) is 0 Å². The van der Waals surface area contributed by atoms with Gasteiger partial charge in [-0.3, -0.25) is 0 Å². The topological polar surface area (TPSA) is 55.3 Å². The maximum Gasteiger partial charge on any atom is 0.0770 e. The van der Waals surface area contributed by atoms with Crippen molar-refractivity contribution in [3.8, 4) is 0 Å². The molecule has 2 rings (SSSR count). The second-order valence-corrected chi connectivity index (χ2v) is 4.13. The molecule has 0 aliphatic carbocycles. The molecule has 1 aromatic carbocycles. The number of nitrogens with zero attached hydrogens (tertiary/aromatic N) is 1. The Morgan fingerprint density at radius 2 is 2.20 bits per heavy atom. The zero-order valence-electron chi connectivity index (χ0n) is 9.02. The predicted octanol–water partition coefficient (Wildman–Crippen LogP) is 1.42. The summed E-state index contributed by atoms with van der Waals surface area (Å²) in [6, 6.07) is 8.37. The maximum absolute atomic E-state index is 6.10. The van der Waals surface area contributed by atoms with Gasteiger partial charge in [0, 0.05) is 18.8 Å². The molecule has 0 aromatic heterocycles. The highest BCUT2D eigenvalue weighted by Gasteiger charge is 2.18. The molecule has 1 saturated heterocycles. The molecule has 1 unspecified atom stereocenters. The molecule has 1 fully saturated rings. The van der Waals surface area contributed by atoms with Crippen molar-refractivity contribution >= 4 is 5.69 Å². The first kappa shape index (κ1) is 10.5. The Balaban J connectivity index is 2.19. The third-order valence-corrected chi connectivity index (χ3v) is 3.03. The molecule has 1 atom stereocenters. The summed E-state index contributed by atoms with van der Waals surface area (Å²) in [5.74, 6) is 0. The van der Waals surface area contributed by atoms with Gasteiger partial charge in [0.15, 0.2) is 0 Å². The lowest BCUT2D eigenvalue weighted by atomic mass is 10.1. The number of hydrogen-bond donors (Lipinski definition) is 2. The number of hydrogen-bond acceptors (Lipinski definition) is 3. The lowest BCUT2D eigenvalue weighted by molar-refractivity contribution is 0.470. The van der Waals surface area contributed by atoms with Crippen LogP contribution in [0.2, 0.25) is 0 Å². The van der Waals surface area contributed by atoms with Gasteiger partial charge in [-0.2, -0.15) is 0 Å². The Bertz CT molecular complexity index is 324. The SMILES string of the molecule is NCc1cccc(N2CCCCC2N)c1. The first-order valence-corrected chi connectivity index (χ1v) is 5.62. The van der Waals surface area contributed by atoms with Crippen LogP contribution in [0.4, 0.5) is 5.69 Å². The van der Waals surface area contributed by atoms with Crippen LogP contribution < -0.4 is 16.4 Å². The van der Waals surface area contributed by atoms with Gasteiger partial charge < -0.3 is 16.4 Å². The van der Waals surface area contributed by atoms with Crippen LogP contribution in [0.5, 0.6) is 0 Å². The van der Waals surface area contributed by atoms with Crippen molar-refractivity contribution in [3.05, 3.63) is 29.8 Å². The van der Waals surface area contributed by atoms with Gasteiger partial charge in [-0.15, -0.1) is 0 Å². The molecule has 1 heterocycles. The highest BCUT2D eigenvalue weighted by Crippen LogP contribution is 2.23. The third-order valence-electron chi connectivity index (χ3n) is 3.03. The first-order chi connectivity index (χ1) is 7.31. The van der Waals surface area contributed by atoms with E-state index in [0.29, 0.717) is 6.54 Å². The zero-order valence-corrected chi connectivity index (χ0v) is 9.02. The van der Waals surface area contributed by atoms with Gasteiger partial charge in [-0.1, -0.05) is 12.1 Å². The van der Waals surface area contributed by atoms with E-state index in [4.69, 9.17) is 11.5 Å². The Hall–Kier alpha value is -1.06. The summed E-state index contributed by atoms with van der Waals surface area (Å²) in [6.45, 7) is 1.66. The number of benzene rings is 1. The maximum atomic E-state index is 6.10. The molecule has 82 valence electrons. The lowest BCUT2D eigenvalue weighted by Gasteiger charge is -2.35. The first-order valence-electron chi connectivity index (χ1n) is 5.62. The fourth-order valence-corrected chi connectivity index (χ4v) is 2.14. The summed E-state index contributed by atoms with van der Waals surface area (Å²) in [7, 11) is 0. The molecule has 4 N–H and O–H groups in total. The van der Waals surface area contributed by atoms with Crippen LogP contribution in [0.1, 0.15) is 24.8 Å². The predicted molar refractivity (Wildman–Crippen MR) is 63.5 cm³/mol. The molecular weight excluding hydrogens is 186 g/mol. The molecule has 0 spiro atoms. The minimum Gasteiger partial charge on any atom is -0.356 e. The van der Waals surface area contributed by atoms with Gasteiger partial charge in [-0.05, 0) is 37.0 Å². The number of rotatable bonds is 2. The second-order valence-electron chi connectivity index (χ2n) is 4.13. The molecule has 1 aliphatic heterocycles. The number of anilines is 1. The van der Waals surface area contributed by atoms with Crippen molar-refractivity contribution in [1.29, 1.82) is 0 Å². The van der Waals surface area contributed by atoms with Crippen molar-refractivity contribution < 1.29 is 0 Å². The summed E-state index contributed by atoms with van der Waals surface area (Å²) in [6.07, 6.45) is 3.74. The van der Waals surface area contributed by atoms with E-state index in [9.17, 15) is 0 Å². The van der Waals surface area contributed by atoms with Crippen LogP contribution in [-0.4, -0.2) is 12.7 Å². The van der Waals surface area contributed by atoms with Crippen molar-refractivity contribution in [2.45, 2.75) is 32.0 Å². The summed E-state index contributed by atoms with van der Waals surface area (Å²) in [4.78, 5) is 2.28. The molecule has 1 aromatic rings. The highest BCUT2D eigenvalue weighted by atomic mass is 15.2. The smallest absolute Gasteiger partial charge is 0.0770 e. The van der Waals surface area contributed by atoms with E-state index in [2.05, 4.69) is 29.2 Å². The summed E-state index contributed by atoms with van der Waals surface area (Å²) < 4.78 is 0. The van der Waals surface area contributed by atoms with Gasteiger partial charge in [-0.25, -0.2) is 0 Å². The molecule has 15 heavy (non-hydrogen) atoms. The largest absolute Gasteiger partial charge is 0.356 e. The van der Waals surface area contributed by atoms with E-state index in [-0.39, 0.29) is 6.17 Å². The minimum atomic E-state index is 0.173. The molecule has 0 radical (unpaired) electrons. The van der Waals surface area contributed by atoms with Crippen LogP contribution in [0.3, 0.4) is 0 Å². The van der Waals surface area contributed by atoms with Gasteiger partial charge in [0.25, 0.3) is 0 Å². The van der Waals surface area contributed by atoms with Crippen molar-refractivity contribution in [2.75, 3.05) is 11.4 Å². The molecular formula is C12H19N3. The highest BCUT2D eigenvalue weighted by molar-refractivity contribution is 5.49. The Morgan fingerprint density at radius 3 is 2.93 bits per heavy atom. The minimum absolute atomic E-state index is 0.173. The normalized spacial score (nSPS) is 21.7. The van der Waals surface area contributed by atoms with Crippen molar-refractivity contribution in [1.82, 2.24) is 0 Å². The van der Waals surface area contributed by atoms with Gasteiger partial charge in [0.2, 0.25) is 0 Å². The van der Waals surface area contributed by atoms with E-state index >= 15 is 0 Å². The van der Waals surface area contributed by atoms with Crippen LogP contribution in [-0.2, 0) is 6.54 Å². The Kier molecular flexibility index (Phi) is 3.23.